The molecule has 1 aromatic heterocycles. The number of benzene rings is 2. The van der Waals surface area contributed by atoms with Gasteiger partial charge in [-0.3, -0.25) is 0 Å². The van der Waals surface area contributed by atoms with Crippen molar-refractivity contribution in [3.8, 4) is 0 Å². The zero-order valence-electron chi connectivity index (χ0n) is 16.3. The Balaban J connectivity index is 1.54. The minimum Gasteiger partial charge on any atom is -0.353 e. The fraction of sp³-hybridized carbons (Fsp3) is 0.292. The number of nitrogens with one attached hydrogen (secondary N) is 1. The van der Waals surface area contributed by atoms with E-state index in [4.69, 9.17) is 0 Å². The van der Waals surface area contributed by atoms with Crippen LogP contribution in [-0.4, -0.2) is 22.0 Å². The van der Waals surface area contributed by atoms with Gasteiger partial charge in [0.25, 0.3) is 0 Å². The Kier molecular flexibility index (Phi) is 5.47. The van der Waals surface area contributed by atoms with E-state index >= 15 is 0 Å². The monoisotopic (exact) mass is 373 g/mol. The first-order valence-corrected chi connectivity index (χ1v) is 9.99. The first-order valence-electron chi connectivity index (χ1n) is 9.99. The third-order valence-corrected chi connectivity index (χ3v) is 5.62. The molecule has 1 aliphatic rings. The van der Waals surface area contributed by atoms with Crippen molar-refractivity contribution < 1.29 is 4.79 Å². The van der Waals surface area contributed by atoms with Crippen molar-refractivity contribution in [3.63, 3.8) is 0 Å². The Bertz CT molecular complexity index is 904. The smallest absolute Gasteiger partial charge is 0.318 e. The second kappa shape index (κ2) is 8.34. The zero-order valence-corrected chi connectivity index (χ0v) is 16.3. The first kappa shape index (κ1) is 18.4. The summed E-state index contributed by atoms with van der Waals surface area (Å²) in [5.41, 5.74) is 3.55. The van der Waals surface area contributed by atoms with Crippen LogP contribution in [0.1, 0.15) is 41.7 Å². The molecule has 4 nitrogen and oxygen atoms in total. The molecule has 1 fully saturated rings. The molecule has 28 heavy (non-hydrogen) atoms. The summed E-state index contributed by atoms with van der Waals surface area (Å²) in [5.74, 6) is 0. The predicted octanol–water partition coefficient (Wildman–Crippen LogP) is 4.86. The molecule has 1 aliphatic heterocycles. The van der Waals surface area contributed by atoms with E-state index < -0.39 is 0 Å². The topological polar surface area (TPSA) is 37.3 Å². The van der Waals surface area contributed by atoms with Crippen molar-refractivity contribution in [2.24, 2.45) is 7.05 Å². The van der Waals surface area contributed by atoms with E-state index in [0.717, 1.165) is 31.4 Å². The van der Waals surface area contributed by atoms with Crippen LogP contribution in [0, 0.1) is 0 Å². The van der Waals surface area contributed by atoms with Crippen LogP contribution in [0.15, 0.2) is 79.0 Å². The maximum atomic E-state index is 13.2. The molecule has 4 heteroatoms. The van der Waals surface area contributed by atoms with Gasteiger partial charge in [-0.25, -0.2) is 4.79 Å². The fourth-order valence-corrected chi connectivity index (χ4v) is 4.16. The van der Waals surface area contributed by atoms with E-state index in [9.17, 15) is 4.79 Å². The summed E-state index contributed by atoms with van der Waals surface area (Å²) >= 11 is 0. The Hall–Kier alpha value is -3.01. The lowest BCUT2D eigenvalue weighted by molar-refractivity contribution is 0.187. The number of aryl methyl sites for hydroxylation is 1. The number of urea groups is 1. The van der Waals surface area contributed by atoms with Crippen molar-refractivity contribution in [2.75, 3.05) is 6.54 Å². The van der Waals surface area contributed by atoms with E-state index in [-0.39, 0.29) is 18.1 Å². The average Bonchev–Trinajstić information content (AvgIpc) is 3.37. The summed E-state index contributed by atoms with van der Waals surface area (Å²) in [5, 5.41) is 3.31. The minimum atomic E-state index is -0.0502. The summed E-state index contributed by atoms with van der Waals surface area (Å²) in [6.45, 7) is 0.800. The summed E-state index contributed by atoms with van der Waals surface area (Å²) in [4.78, 5) is 15.2. The third-order valence-electron chi connectivity index (χ3n) is 5.62. The van der Waals surface area contributed by atoms with Crippen molar-refractivity contribution in [1.82, 2.24) is 14.8 Å². The molecule has 2 amide bonds. The average molecular weight is 374 g/mol. The lowest BCUT2D eigenvalue weighted by Gasteiger charge is -2.28. The zero-order chi connectivity index (χ0) is 19.3. The number of rotatable bonds is 5. The Morgan fingerprint density at radius 3 is 2.43 bits per heavy atom. The largest absolute Gasteiger partial charge is 0.353 e. The Morgan fingerprint density at radius 2 is 1.75 bits per heavy atom. The van der Waals surface area contributed by atoms with Gasteiger partial charge in [0.05, 0.1) is 12.1 Å². The predicted molar refractivity (Wildman–Crippen MR) is 112 cm³/mol. The molecule has 0 saturated carbocycles. The molecule has 0 aliphatic carbocycles. The van der Waals surface area contributed by atoms with Crippen LogP contribution < -0.4 is 5.32 Å². The van der Waals surface area contributed by atoms with Crippen molar-refractivity contribution >= 4 is 6.03 Å². The van der Waals surface area contributed by atoms with Crippen molar-refractivity contribution in [2.45, 2.75) is 31.3 Å². The molecule has 2 heterocycles. The summed E-state index contributed by atoms with van der Waals surface area (Å²) in [6, 6.07) is 24.9. The van der Waals surface area contributed by atoms with E-state index in [0.29, 0.717) is 0 Å². The van der Waals surface area contributed by atoms with Gasteiger partial charge in [0.15, 0.2) is 0 Å². The summed E-state index contributed by atoms with van der Waals surface area (Å²) < 4.78 is 2.12. The van der Waals surface area contributed by atoms with Gasteiger partial charge >= 0.3 is 6.03 Å². The minimum absolute atomic E-state index is 0.0217. The number of carbonyl (C=O) groups excluding carboxylic acids is 1. The second-order valence-electron chi connectivity index (χ2n) is 7.50. The van der Waals surface area contributed by atoms with E-state index in [2.05, 4.69) is 40.2 Å². The molecule has 4 rings (SSSR count). The number of amides is 2. The molecular formula is C24H27N3O. The molecule has 0 radical (unpaired) electrons. The Morgan fingerprint density at radius 1 is 1.04 bits per heavy atom. The van der Waals surface area contributed by atoms with Crippen LogP contribution >= 0.6 is 0 Å². The van der Waals surface area contributed by atoms with Crippen LogP contribution in [0.5, 0.6) is 0 Å². The maximum absolute atomic E-state index is 13.2. The quantitative estimate of drug-likeness (QED) is 0.682. The highest BCUT2D eigenvalue weighted by molar-refractivity contribution is 5.75. The number of hydrogen-bond acceptors (Lipinski definition) is 1. The number of likely N-dealkylation sites (tertiary alicyclic amines) is 1. The van der Waals surface area contributed by atoms with Gasteiger partial charge in [0.1, 0.15) is 0 Å². The molecule has 0 spiro atoms. The van der Waals surface area contributed by atoms with E-state index in [1.165, 1.54) is 11.3 Å². The SMILES string of the molecule is Cn1cccc1C1CCCN1C(=O)NC(Cc1ccccc1)c1ccccc1. The summed E-state index contributed by atoms with van der Waals surface area (Å²) in [6.07, 6.45) is 4.88. The van der Waals surface area contributed by atoms with Crippen LogP contribution in [0.2, 0.25) is 0 Å². The van der Waals surface area contributed by atoms with Crippen molar-refractivity contribution in [1.29, 1.82) is 0 Å². The lowest BCUT2D eigenvalue weighted by Crippen LogP contribution is -2.42. The van der Waals surface area contributed by atoms with Gasteiger partial charge in [-0.1, -0.05) is 60.7 Å². The third kappa shape index (κ3) is 3.96. The normalized spacial score (nSPS) is 17.5. The second-order valence-corrected chi connectivity index (χ2v) is 7.50. The van der Waals surface area contributed by atoms with Crippen LogP contribution in [0.25, 0.3) is 0 Å². The first-order chi connectivity index (χ1) is 13.7. The van der Waals surface area contributed by atoms with Crippen molar-refractivity contribution in [3.05, 3.63) is 95.8 Å². The lowest BCUT2D eigenvalue weighted by atomic mass is 9.99. The highest BCUT2D eigenvalue weighted by Crippen LogP contribution is 2.32. The van der Waals surface area contributed by atoms with E-state index in [1.807, 2.05) is 60.6 Å². The number of carbonyl (C=O) groups is 1. The molecule has 0 bridgehead atoms. The van der Waals surface area contributed by atoms with Gasteiger partial charge in [0.2, 0.25) is 0 Å². The Labute approximate surface area is 166 Å². The van der Waals surface area contributed by atoms with E-state index in [1.54, 1.807) is 0 Å². The number of hydrogen-bond donors (Lipinski definition) is 1. The number of aromatic nitrogens is 1. The van der Waals surface area contributed by atoms with Crippen LogP contribution in [0.3, 0.4) is 0 Å². The summed E-state index contributed by atoms with van der Waals surface area (Å²) in [7, 11) is 2.05. The van der Waals surface area contributed by atoms with Gasteiger partial charge in [-0.05, 0) is 42.5 Å². The highest BCUT2D eigenvalue weighted by Gasteiger charge is 2.32. The van der Waals surface area contributed by atoms with Crippen LogP contribution in [0.4, 0.5) is 4.79 Å². The number of nitrogens with zero attached hydrogens (tertiary/aromatic N) is 2. The molecule has 3 aromatic rings. The van der Waals surface area contributed by atoms with Gasteiger partial charge in [0, 0.05) is 25.5 Å². The molecule has 2 aromatic carbocycles. The highest BCUT2D eigenvalue weighted by atomic mass is 16.2. The van der Waals surface area contributed by atoms with Gasteiger partial charge < -0.3 is 14.8 Å². The van der Waals surface area contributed by atoms with Crippen LogP contribution in [-0.2, 0) is 13.5 Å². The molecule has 1 N–H and O–H groups in total. The fourth-order valence-electron chi connectivity index (χ4n) is 4.16. The molecular weight excluding hydrogens is 346 g/mol. The molecule has 144 valence electrons. The molecule has 2 atom stereocenters. The van der Waals surface area contributed by atoms with Gasteiger partial charge in [-0.15, -0.1) is 0 Å². The maximum Gasteiger partial charge on any atom is 0.318 e. The molecule has 2 unspecified atom stereocenters. The standard InChI is InChI=1S/C24H27N3O/c1-26-16-8-14-22(26)23-15-9-17-27(23)24(28)25-21(20-12-6-3-7-13-20)18-19-10-4-2-5-11-19/h2-8,10-14,16,21,23H,9,15,17-18H2,1H3,(H,25,28). The molecule has 1 saturated heterocycles. The van der Waals surface area contributed by atoms with Gasteiger partial charge in [-0.2, -0.15) is 0 Å².